The molecule has 0 radical (unpaired) electrons. The van der Waals surface area contributed by atoms with Gasteiger partial charge in [-0.3, -0.25) is 4.99 Å². The Morgan fingerprint density at radius 3 is 2.52 bits per heavy atom. The fourth-order valence-corrected chi connectivity index (χ4v) is 4.83. The zero-order chi connectivity index (χ0) is 21.2. The largest absolute Gasteiger partial charge is 0.378 e. The minimum absolute atomic E-state index is 0.630. The molecule has 0 spiro atoms. The van der Waals surface area contributed by atoms with Crippen molar-refractivity contribution in [1.82, 2.24) is 5.32 Å². The van der Waals surface area contributed by atoms with Crippen molar-refractivity contribution in [3.8, 4) is 0 Å². The van der Waals surface area contributed by atoms with E-state index >= 15 is 0 Å². The quantitative estimate of drug-likeness (QED) is 0.376. The molecule has 0 bridgehead atoms. The van der Waals surface area contributed by atoms with Crippen molar-refractivity contribution in [2.45, 2.75) is 65.7 Å². The van der Waals surface area contributed by atoms with Gasteiger partial charge in [-0.2, -0.15) is 0 Å². The SMILES string of the molecule is CC/C=C(/Cc1cccc(N(C)C)c1)NC(S/C(=N\C)C1CCCCC1)=C(C)C. The van der Waals surface area contributed by atoms with Crippen LogP contribution in [0.4, 0.5) is 5.69 Å². The van der Waals surface area contributed by atoms with Crippen molar-refractivity contribution >= 4 is 22.5 Å². The molecular formula is C25H39N3S. The molecule has 0 amide bonds. The fraction of sp³-hybridized carbons (Fsp3) is 0.560. The second-order valence-corrected chi connectivity index (χ2v) is 9.36. The summed E-state index contributed by atoms with van der Waals surface area (Å²) < 4.78 is 0. The average Bonchev–Trinajstić information content (AvgIpc) is 2.71. The van der Waals surface area contributed by atoms with Crippen LogP contribution in [0.5, 0.6) is 0 Å². The molecule has 1 fully saturated rings. The van der Waals surface area contributed by atoms with Crippen LogP contribution in [0, 0.1) is 5.92 Å². The van der Waals surface area contributed by atoms with E-state index in [0.717, 1.165) is 12.8 Å². The molecule has 1 N–H and O–H groups in total. The molecular weight excluding hydrogens is 374 g/mol. The maximum Gasteiger partial charge on any atom is 0.0769 e. The van der Waals surface area contributed by atoms with Gasteiger partial charge in [0, 0.05) is 44.9 Å². The van der Waals surface area contributed by atoms with Crippen molar-refractivity contribution in [2.24, 2.45) is 10.9 Å². The van der Waals surface area contributed by atoms with Crippen LogP contribution >= 0.6 is 11.8 Å². The zero-order valence-electron chi connectivity index (χ0n) is 19.2. The van der Waals surface area contributed by atoms with E-state index in [9.17, 15) is 0 Å². The van der Waals surface area contributed by atoms with E-state index in [1.54, 1.807) is 0 Å². The summed E-state index contributed by atoms with van der Waals surface area (Å²) in [5, 5.41) is 6.29. The number of benzene rings is 1. The summed E-state index contributed by atoms with van der Waals surface area (Å²) in [4.78, 5) is 6.84. The summed E-state index contributed by atoms with van der Waals surface area (Å²) in [6, 6.07) is 8.80. The number of thioether (sulfide) groups is 1. The summed E-state index contributed by atoms with van der Waals surface area (Å²) in [7, 11) is 6.14. The lowest BCUT2D eigenvalue weighted by molar-refractivity contribution is 0.443. The normalized spacial score (nSPS) is 15.9. The number of anilines is 1. The minimum atomic E-state index is 0.630. The number of allylic oxidation sites excluding steroid dienone is 3. The highest BCUT2D eigenvalue weighted by molar-refractivity contribution is 8.17. The molecule has 1 saturated carbocycles. The lowest BCUT2D eigenvalue weighted by Crippen LogP contribution is -2.20. The van der Waals surface area contributed by atoms with E-state index < -0.39 is 0 Å². The van der Waals surface area contributed by atoms with E-state index in [-0.39, 0.29) is 0 Å². The number of aliphatic imine (C=N–C) groups is 1. The maximum atomic E-state index is 4.68. The monoisotopic (exact) mass is 413 g/mol. The molecule has 29 heavy (non-hydrogen) atoms. The lowest BCUT2D eigenvalue weighted by Gasteiger charge is -2.25. The molecule has 4 heteroatoms. The summed E-state index contributed by atoms with van der Waals surface area (Å²) >= 11 is 1.85. The summed E-state index contributed by atoms with van der Waals surface area (Å²) in [5.41, 5.74) is 5.16. The first-order valence-electron chi connectivity index (χ1n) is 11.0. The van der Waals surface area contributed by atoms with Crippen molar-refractivity contribution < 1.29 is 0 Å². The number of hydrogen-bond donors (Lipinski definition) is 1. The van der Waals surface area contributed by atoms with Crippen LogP contribution in [0.25, 0.3) is 0 Å². The first-order chi connectivity index (χ1) is 13.9. The van der Waals surface area contributed by atoms with Gasteiger partial charge in [0.1, 0.15) is 0 Å². The summed E-state index contributed by atoms with van der Waals surface area (Å²) in [6.45, 7) is 6.59. The fourth-order valence-electron chi connectivity index (χ4n) is 3.74. The van der Waals surface area contributed by atoms with E-state index in [2.05, 4.69) is 80.4 Å². The third-order valence-corrected chi connectivity index (χ3v) is 6.82. The predicted octanol–water partition coefficient (Wildman–Crippen LogP) is 6.77. The lowest BCUT2D eigenvalue weighted by atomic mass is 9.90. The smallest absolute Gasteiger partial charge is 0.0769 e. The van der Waals surface area contributed by atoms with Crippen molar-refractivity contribution in [3.05, 3.63) is 52.2 Å². The van der Waals surface area contributed by atoms with Crippen LogP contribution in [0.1, 0.15) is 64.9 Å². The van der Waals surface area contributed by atoms with E-state index in [1.807, 2.05) is 18.8 Å². The molecule has 0 saturated heterocycles. The first kappa shape index (κ1) is 23.6. The Hall–Kier alpha value is -1.68. The van der Waals surface area contributed by atoms with E-state index in [4.69, 9.17) is 0 Å². The summed E-state index contributed by atoms with van der Waals surface area (Å²) in [5.74, 6) is 0.630. The Labute approximate surface area is 182 Å². The van der Waals surface area contributed by atoms with Crippen LogP contribution in [0.2, 0.25) is 0 Å². The minimum Gasteiger partial charge on any atom is -0.378 e. The van der Waals surface area contributed by atoms with E-state index in [1.165, 1.54) is 64.7 Å². The van der Waals surface area contributed by atoms with Gasteiger partial charge >= 0.3 is 0 Å². The second kappa shape index (κ2) is 12.1. The van der Waals surface area contributed by atoms with Gasteiger partial charge in [-0.15, -0.1) is 0 Å². The van der Waals surface area contributed by atoms with Crippen molar-refractivity contribution in [3.63, 3.8) is 0 Å². The van der Waals surface area contributed by atoms with Crippen molar-refractivity contribution in [1.29, 1.82) is 0 Å². The molecule has 2 rings (SSSR count). The van der Waals surface area contributed by atoms with Gasteiger partial charge < -0.3 is 10.2 Å². The van der Waals surface area contributed by atoms with Crippen LogP contribution in [0.3, 0.4) is 0 Å². The summed E-state index contributed by atoms with van der Waals surface area (Å²) in [6.07, 6.45) is 10.9. The van der Waals surface area contributed by atoms with Gasteiger partial charge in [0.2, 0.25) is 0 Å². The Morgan fingerprint density at radius 2 is 1.93 bits per heavy atom. The van der Waals surface area contributed by atoms with Gasteiger partial charge in [0.25, 0.3) is 0 Å². The number of nitrogens with one attached hydrogen (secondary N) is 1. The van der Waals surface area contributed by atoms with Gasteiger partial charge in [-0.25, -0.2) is 0 Å². The molecule has 160 valence electrons. The van der Waals surface area contributed by atoms with Gasteiger partial charge in [-0.1, -0.05) is 56.2 Å². The Balaban J connectivity index is 2.14. The zero-order valence-corrected chi connectivity index (χ0v) is 20.0. The van der Waals surface area contributed by atoms with Crippen LogP contribution in [-0.2, 0) is 6.42 Å². The van der Waals surface area contributed by atoms with Crippen LogP contribution < -0.4 is 10.2 Å². The van der Waals surface area contributed by atoms with Gasteiger partial charge in [-0.05, 0) is 56.4 Å². The van der Waals surface area contributed by atoms with Gasteiger partial charge in [0.05, 0.1) is 10.1 Å². The molecule has 0 atom stereocenters. The molecule has 1 aromatic carbocycles. The first-order valence-corrected chi connectivity index (χ1v) is 11.8. The Bertz CT molecular complexity index is 736. The topological polar surface area (TPSA) is 27.6 Å². The number of rotatable bonds is 8. The maximum absolute atomic E-state index is 4.68. The predicted molar refractivity (Wildman–Crippen MR) is 132 cm³/mol. The molecule has 1 aliphatic carbocycles. The third-order valence-electron chi connectivity index (χ3n) is 5.38. The van der Waals surface area contributed by atoms with Crippen molar-refractivity contribution in [2.75, 3.05) is 26.0 Å². The molecule has 0 aromatic heterocycles. The highest BCUT2D eigenvalue weighted by atomic mass is 32.2. The van der Waals surface area contributed by atoms with Crippen LogP contribution in [0.15, 0.2) is 51.6 Å². The molecule has 0 aliphatic heterocycles. The molecule has 1 aliphatic rings. The molecule has 1 aromatic rings. The molecule has 0 heterocycles. The average molecular weight is 414 g/mol. The van der Waals surface area contributed by atoms with E-state index in [0.29, 0.717) is 5.92 Å². The van der Waals surface area contributed by atoms with Gasteiger partial charge in [0.15, 0.2) is 0 Å². The standard InChI is InChI=1S/C25H39N3S/c1-7-12-22(17-20-13-11-16-23(18-20)28(5)6)27-24(19(2)3)29-25(26-4)21-14-9-8-10-15-21/h11-13,16,18,21,27H,7-10,14-15,17H2,1-6H3/b22-12-,26-25-. The Morgan fingerprint density at radius 1 is 1.21 bits per heavy atom. The molecule has 3 nitrogen and oxygen atoms in total. The highest BCUT2D eigenvalue weighted by Gasteiger charge is 2.21. The third kappa shape index (κ3) is 7.58. The molecule has 0 unspecified atom stereocenters. The highest BCUT2D eigenvalue weighted by Crippen LogP contribution is 2.33. The number of hydrogen-bond acceptors (Lipinski definition) is 4. The van der Waals surface area contributed by atoms with Crippen LogP contribution in [-0.4, -0.2) is 26.2 Å². The second-order valence-electron chi connectivity index (χ2n) is 8.33. The Kier molecular flexibility index (Phi) is 9.86. The number of nitrogens with zero attached hydrogens (tertiary/aromatic N) is 2.